The van der Waals surface area contributed by atoms with E-state index in [0.29, 0.717) is 13.0 Å². The van der Waals surface area contributed by atoms with E-state index in [-0.39, 0.29) is 12.6 Å². The maximum atomic E-state index is 11.0. The summed E-state index contributed by atoms with van der Waals surface area (Å²) in [6, 6.07) is -0.0286. The van der Waals surface area contributed by atoms with Gasteiger partial charge in [-0.3, -0.25) is 0 Å². The number of aliphatic hydroxyl groups excluding tert-OH is 1. The topological polar surface area (TPSA) is 58.6 Å². The van der Waals surface area contributed by atoms with Gasteiger partial charge in [0.1, 0.15) is 0 Å². The average Bonchev–Trinajstić information content (AvgIpc) is 2.05. The fraction of sp³-hybridized carbons (Fsp3) is 0.889. The number of carbonyl (C=O) groups is 1. The highest BCUT2D eigenvalue weighted by Crippen LogP contribution is 1.92. The Labute approximate surface area is 79.3 Å². The minimum absolute atomic E-state index is 0.0286. The molecule has 0 aliphatic carbocycles. The molecule has 78 valence electrons. The second kappa shape index (κ2) is 7.86. The molecule has 0 aromatic rings. The summed E-state index contributed by atoms with van der Waals surface area (Å²) < 4.78 is 4.87. The molecule has 0 heterocycles. The van der Waals surface area contributed by atoms with Crippen LogP contribution in [-0.2, 0) is 4.74 Å². The van der Waals surface area contributed by atoms with Crippen LogP contribution < -0.4 is 5.32 Å². The third-order valence-electron chi connectivity index (χ3n) is 1.66. The third-order valence-corrected chi connectivity index (χ3v) is 1.66. The molecule has 0 spiro atoms. The van der Waals surface area contributed by atoms with Gasteiger partial charge in [-0.05, 0) is 19.8 Å². The zero-order valence-corrected chi connectivity index (χ0v) is 8.38. The van der Waals surface area contributed by atoms with Gasteiger partial charge in [0.2, 0.25) is 0 Å². The SMILES string of the molecule is CCCCOC(=O)NC(C)CCO. The van der Waals surface area contributed by atoms with E-state index in [4.69, 9.17) is 9.84 Å². The molecule has 0 saturated heterocycles. The summed E-state index contributed by atoms with van der Waals surface area (Å²) in [7, 11) is 0. The number of hydrogen-bond donors (Lipinski definition) is 2. The van der Waals surface area contributed by atoms with Gasteiger partial charge in [0.15, 0.2) is 0 Å². The lowest BCUT2D eigenvalue weighted by molar-refractivity contribution is 0.139. The van der Waals surface area contributed by atoms with E-state index in [0.717, 1.165) is 12.8 Å². The zero-order chi connectivity index (χ0) is 10.1. The van der Waals surface area contributed by atoms with Crippen LogP contribution >= 0.6 is 0 Å². The van der Waals surface area contributed by atoms with E-state index in [9.17, 15) is 4.79 Å². The Balaban J connectivity index is 3.38. The number of unbranched alkanes of at least 4 members (excludes halogenated alkanes) is 1. The van der Waals surface area contributed by atoms with Crippen molar-refractivity contribution in [2.24, 2.45) is 0 Å². The first kappa shape index (κ1) is 12.2. The zero-order valence-electron chi connectivity index (χ0n) is 8.38. The molecule has 1 unspecified atom stereocenters. The third kappa shape index (κ3) is 7.59. The summed E-state index contributed by atoms with van der Waals surface area (Å²) in [4.78, 5) is 11.0. The van der Waals surface area contributed by atoms with Crippen LogP contribution in [0.3, 0.4) is 0 Å². The Hall–Kier alpha value is -0.770. The van der Waals surface area contributed by atoms with Gasteiger partial charge >= 0.3 is 6.09 Å². The van der Waals surface area contributed by atoms with Crippen LogP contribution in [0.25, 0.3) is 0 Å². The second-order valence-electron chi connectivity index (χ2n) is 3.05. The van der Waals surface area contributed by atoms with Crippen molar-refractivity contribution in [3.8, 4) is 0 Å². The maximum Gasteiger partial charge on any atom is 0.407 e. The second-order valence-corrected chi connectivity index (χ2v) is 3.05. The summed E-state index contributed by atoms with van der Waals surface area (Å²) in [6.07, 6.45) is 2.07. The molecule has 0 saturated carbocycles. The first-order valence-electron chi connectivity index (χ1n) is 4.74. The molecule has 4 heteroatoms. The standard InChI is InChI=1S/C9H19NO3/c1-3-4-7-13-9(12)10-8(2)5-6-11/h8,11H,3-7H2,1-2H3,(H,10,12). The molecule has 0 aromatic carbocycles. The molecule has 0 radical (unpaired) electrons. The molecule has 0 rings (SSSR count). The predicted octanol–water partition coefficient (Wildman–Crippen LogP) is 1.28. The first-order valence-corrected chi connectivity index (χ1v) is 4.74. The van der Waals surface area contributed by atoms with E-state index in [2.05, 4.69) is 5.32 Å². The molecule has 13 heavy (non-hydrogen) atoms. The van der Waals surface area contributed by atoms with Crippen molar-refractivity contribution in [1.29, 1.82) is 0 Å². The van der Waals surface area contributed by atoms with Crippen molar-refractivity contribution < 1.29 is 14.6 Å². The summed E-state index contributed by atoms with van der Waals surface area (Å²) in [6.45, 7) is 4.41. The number of rotatable bonds is 6. The number of hydrogen-bond acceptors (Lipinski definition) is 3. The molecule has 1 amide bonds. The number of ether oxygens (including phenoxy) is 1. The lowest BCUT2D eigenvalue weighted by Crippen LogP contribution is -2.33. The number of alkyl carbamates (subject to hydrolysis) is 1. The average molecular weight is 189 g/mol. The highest BCUT2D eigenvalue weighted by atomic mass is 16.5. The fourth-order valence-electron chi connectivity index (χ4n) is 0.818. The van der Waals surface area contributed by atoms with E-state index in [1.54, 1.807) is 0 Å². The highest BCUT2D eigenvalue weighted by Gasteiger charge is 2.06. The lowest BCUT2D eigenvalue weighted by atomic mass is 10.2. The van der Waals surface area contributed by atoms with Crippen molar-refractivity contribution in [2.45, 2.75) is 39.2 Å². The van der Waals surface area contributed by atoms with E-state index in [1.807, 2.05) is 13.8 Å². The molecule has 4 nitrogen and oxygen atoms in total. The lowest BCUT2D eigenvalue weighted by Gasteiger charge is -2.12. The van der Waals surface area contributed by atoms with Gasteiger partial charge in [0.25, 0.3) is 0 Å². The Bertz CT molecular complexity index is 139. The summed E-state index contributed by atoms with van der Waals surface area (Å²) in [5.74, 6) is 0. The van der Waals surface area contributed by atoms with E-state index >= 15 is 0 Å². The molecule has 0 aliphatic heterocycles. The van der Waals surface area contributed by atoms with Crippen molar-refractivity contribution in [3.05, 3.63) is 0 Å². The minimum atomic E-state index is -0.394. The highest BCUT2D eigenvalue weighted by molar-refractivity contribution is 5.67. The molecule has 1 atom stereocenters. The van der Waals surface area contributed by atoms with Gasteiger partial charge in [0, 0.05) is 12.6 Å². The Kier molecular flexibility index (Phi) is 7.39. The normalized spacial score (nSPS) is 12.2. The van der Waals surface area contributed by atoms with Gasteiger partial charge in [0.05, 0.1) is 6.61 Å². The van der Waals surface area contributed by atoms with E-state index in [1.165, 1.54) is 0 Å². The monoisotopic (exact) mass is 189 g/mol. The van der Waals surface area contributed by atoms with Crippen LogP contribution in [0.4, 0.5) is 4.79 Å². The van der Waals surface area contributed by atoms with Crippen molar-refractivity contribution in [1.82, 2.24) is 5.32 Å². The molecule has 2 N–H and O–H groups in total. The maximum absolute atomic E-state index is 11.0. The minimum Gasteiger partial charge on any atom is -0.450 e. The smallest absolute Gasteiger partial charge is 0.407 e. The van der Waals surface area contributed by atoms with Crippen molar-refractivity contribution >= 4 is 6.09 Å². The summed E-state index contributed by atoms with van der Waals surface area (Å²) in [5.41, 5.74) is 0. The molecule has 0 aromatic heterocycles. The van der Waals surface area contributed by atoms with Gasteiger partial charge in [-0.15, -0.1) is 0 Å². The van der Waals surface area contributed by atoms with Gasteiger partial charge in [-0.25, -0.2) is 4.79 Å². The van der Waals surface area contributed by atoms with Gasteiger partial charge in [-0.2, -0.15) is 0 Å². The quantitative estimate of drug-likeness (QED) is 0.619. The van der Waals surface area contributed by atoms with Gasteiger partial charge in [-0.1, -0.05) is 13.3 Å². The fourth-order valence-corrected chi connectivity index (χ4v) is 0.818. The molecule has 0 bridgehead atoms. The molecule has 0 aliphatic rings. The Morgan fingerprint density at radius 3 is 2.85 bits per heavy atom. The summed E-state index contributed by atoms with van der Waals surface area (Å²) >= 11 is 0. The Morgan fingerprint density at radius 2 is 2.31 bits per heavy atom. The largest absolute Gasteiger partial charge is 0.450 e. The summed E-state index contributed by atoms with van der Waals surface area (Å²) in [5, 5.41) is 11.2. The van der Waals surface area contributed by atoms with Crippen LogP contribution in [-0.4, -0.2) is 30.5 Å². The van der Waals surface area contributed by atoms with Crippen LogP contribution in [0.5, 0.6) is 0 Å². The van der Waals surface area contributed by atoms with Crippen LogP contribution in [0.2, 0.25) is 0 Å². The van der Waals surface area contributed by atoms with Crippen molar-refractivity contribution in [3.63, 3.8) is 0 Å². The van der Waals surface area contributed by atoms with Crippen LogP contribution in [0.1, 0.15) is 33.1 Å². The predicted molar refractivity (Wildman–Crippen MR) is 50.6 cm³/mol. The van der Waals surface area contributed by atoms with Crippen LogP contribution in [0.15, 0.2) is 0 Å². The Morgan fingerprint density at radius 1 is 1.62 bits per heavy atom. The molecular weight excluding hydrogens is 170 g/mol. The molecular formula is C9H19NO3. The van der Waals surface area contributed by atoms with Crippen LogP contribution in [0, 0.1) is 0 Å². The first-order chi connectivity index (χ1) is 6.20. The number of amides is 1. The number of nitrogens with one attached hydrogen (secondary N) is 1. The van der Waals surface area contributed by atoms with E-state index < -0.39 is 6.09 Å². The number of aliphatic hydroxyl groups is 1. The van der Waals surface area contributed by atoms with Crippen molar-refractivity contribution in [2.75, 3.05) is 13.2 Å². The molecule has 0 fully saturated rings. The number of carbonyl (C=O) groups excluding carboxylic acids is 1. The van der Waals surface area contributed by atoms with Gasteiger partial charge < -0.3 is 15.2 Å².